The highest BCUT2D eigenvalue weighted by Gasteiger charge is 2.16. The normalized spacial score (nSPS) is 12.5. The Balaban J connectivity index is 2.74. The summed E-state index contributed by atoms with van der Waals surface area (Å²) >= 11 is 0. The molecule has 0 aromatic heterocycles. The van der Waals surface area contributed by atoms with Crippen LogP contribution in [0.4, 0.5) is 0 Å². The number of nitrogens with zero attached hydrogens (tertiary/aromatic N) is 1. The number of benzene rings is 1. The Morgan fingerprint density at radius 3 is 2.52 bits per heavy atom. The highest BCUT2D eigenvalue weighted by Crippen LogP contribution is 2.28. The van der Waals surface area contributed by atoms with Crippen molar-refractivity contribution in [3.8, 4) is 11.5 Å². The molecule has 120 valence electrons. The average molecular weight is 296 g/mol. The lowest BCUT2D eigenvalue weighted by Gasteiger charge is -2.25. The van der Waals surface area contributed by atoms with Crippen LogP contribution in [0.15, 0.2) is 18.2 Å². The lowest BCUT2D eigenvalue weighted by molar-refractivity contribution is 0.113. The second kappa shape index (κ2) is 9.60. The van der Waals surface area contributed by atoms with Crippen molar-refractivity contribution in [1.29, 1.82) is 0 Å². The molecule has 0 bridgehead atoms. The number of likely N-dealkylation sites (N-methyl/N-ethyl adjacent to an activating group) is 1. The molecule has 0 radical (unpaired) electrons. The second-order valence-corrected chi connectivity index (χ2v) is 4.80. The van der Waals surface area contributed by atoms with E-state index < -0.39 is 0 Å². The summed E-state index contributed by atoms with van der Waals surface area (Å²) < 4.78 is 16.1. The van der Waals surface area contributed by atoms with Crippen molar-refractivity contribution in [2.24, 2.45) is 5.73 Å². The van der Waals surface area contributed by atoms with E-state index in [0.717, 1.165) is 49.9 Å². The fraction of sp³-hybridized carbons (Fsp3) is 0.625. The maximum atomic E-state index is 6.36. The van der Waals surface area contributed by atoms with Crippen molar-refractivity contribution in [3.05, 3.63) is 23.8 Å². The smallest absolute Gasteiger partial charge is 0.123 e. The van der Waals surface area contributed by atoms with E-state index in [1.807, 2.05) is 25.1 Å². The predicted molar refractivity (Wildman–Crippen MR) is 85.1 cm³/mol. The zero-order chi connectivity index (χ0) is 15.7. The molecular formula is C16H28N2O3. The van der Waals surface area contributed by atoms with Crippen LogP contribution >= 0.6 is 0 Å². The first-order valence-corrected chi connectivity index (χ1v) is 7.43. The molecule has 0 saturated heterocycles. The van der Waals surface area contributed by atoms with Gasteiger partial charge in [0, 0.05) is 31.3 Å². The summed E-state index contributed by atoms with van der Waals surface area (Å²) in [6.45, 7) is 8.18. The fourth-order valence-electron chi connectivity index (χ4n) is 2.22. The summed E-state index contributed by atoms with van der Waals surface area (Å²) in [4.78, 5) is 2.28. The lowest BCUT2D eigenvalue weighted by atomic mass is 10.1. The van der Waals surface area contributed by atoms with E-state index in [9.17, 15) is 0 Å². The molecule has 1 unspecified atom stereocenters. The largest absolute Gasteiger partial charge is 0.497 e. The Morgan fingerprint density at radius 2 is 1.95 bits per heavy atom. The van der Waals surface area contributed by atoms with Gasteiger partial charge in [0.2, 0.25) is 0 Å². The predicted octanol–water partition coefficient (Wildman–Crippen LogP) is 2.06. The molecule has 1 atom stereocenters. The topological polar surface area (TPSA) is 57.0 Å². The molecule has 0 aliphatic carbocycles. The Kier molecular flexibility index (Phi) is 8.12. The highest BCUT2D eigenvalue weighted by atomic mass is 16.5. The average Bonchev–Trinajstić information content (AvgIpc) is 2.53. The van der Waals surface area contributed by atoms with Crippen molar-refractivity contribution < 1.29 is 14.2 Å². The zero-order valence-corrected chi connectivity index (χ0v) is 13.6. The van der Waals surface area contributed by atoms with Gasteiger partial charge in [0.15, 0.2) is 0 Å². The summed E-state index contributed by atoms with van der Waals surface area (Å²) in [5.74, 6) is 1.59. The molecule has 0 fully saturated rings. The molecule has 0 saturated carbocycles. The lowest BCUT2D eigenvalue weighted by Crippen LogP contribution is -2.34. The summed E-state index contributed by atoms with van der Waals surface area (Å²) in [7, 11) is 3.31. The molecule has 5 heteroatoms. The van der Waals surface area contributed by atoms with Gasteiger partial charge >= 0.3 is 0 Å². The molecule has 0 aliphatic heterocycles. The van der Waals surface area contributed by atoms with E-state index in [1.165, 1.54) is 0 Å². The molecule has 5 nitrogen and oxygen atoms in total. The second-order valence-electron chi connectivity index (χ2n) is 4.80. The van der Waals surface area contributed by atoms with Crippen LogP contribution in [0, 0.1) is 0 Å². The van der Waals surface area contributed by atoms with Gasteiger partial charge in [0.1, 0.15) is 11.5 Å². The SMILES string of the molecule is CCOCCN(CC)CC(N)c1cc(OC)ccc1OC. The number of rotatable bonds is 10. The monoisotopic (exact) mass is 296 g/mol. The maximum Gasteiger partial charge on any atom is 0.123 e. The Morgan fingerprint density at radius 1 is 1.19 bits per heavy atom. The van der Waals surface area contributed by atoms with Gasteiger partial charge in [-0.3, -0.25) is 4.90 Å². The van der Waals surface area contributed by atoms with E-state index in [4.69, 9.17) is 19.9 Å². The Bertz CT molecular complexity index is 413. The Labute approximate surface area is 128 Å². The third-order valence-corrected chi connectivity index (χ3v) is 3.49. The number of ether oxygens (including phenoxy) is 3. The van der Waals surface area contributed by atoms with Crippen LogP contribution in [0.5, 0.6) is 11.5 Å². The molecule has 0 amide bonds. The van der Waals surface area contributed by atoms with Crippen LogP contribution in [0.25, 0.3) is 0 Å². The summed E-state index contributed by atoms with van der Waals surface area (Å²) in [6, 6.07) is 5.59. The van der Waals surface area contributed by atoms with Crippen LogP contribution in [0.3, 0.4) is 0 Å². The number of nitrogens with two attached hydrogens (primary N) is 1. The Hall–Kier alpha value is -1.30. The molecule has 1 aromatic rings. The van der Waals surface area contributed by atoms with Gasteiger partial charge in [0.05, 0.1) is 20.8 Å². The molecule has 0 spiro atoms. The third kappa shape index (κ3) is 5.53. The first-order chi connectivity index (χ1) is 10.2. The molecule has 2 N–H and O–H groups in total. The quantitative estimate of drug-likeness (QED) is 0.670. The molecule has 1 aromatic carbocycles. The van der Waals surface area contributed by atoms with Gasteiger partial charge in [-0.1, -0.05) is 6.92 Å². The van der Waals surface area contributed by atoms with Crippen LogP contribution in [-0.2, 0) is 4.74 Å². The number of methoxy groups -OCH3 is 2. The zero-order valence-electron chi connectivity index (χ0n) is 13.6. The van der Waals surface area contributed by atoms with Crippen LogP contribution in [0.1, 0.15) is 25.5 Å². The van der Waals surface area contributed by atoms with Crippen LogP contribution < -0.4 is 15.2 Å². The van der Waals surface area contributed by atoms with Gasteiger partial charge in [0.25, 0.3) is 0 Å². The van der Waals surface area contributed by atoms with Crippen molar-refractivity contribution in [3.63, 3.8) is 0 Å². The van der Waals surface area contributed by atoms with E-state index in [2.05, 4.69) is 11.8 Å². The van der Waals surface area contributed by atoms with E-state index in [0.29, 0.717) is 0 Å². The van der Waals surface area contributed by atoms with E-state index in [-0.39, 0.29) is 6.04 Å². The fourth-order valence-corrected chi connectivity index (χ4v) is 2.22. The minimum Gasteiger partial charge on any atom is -0.497 e. The first kappa shape index (κ1) is 17.8. The van der Waals surface area contributed by atoms with Crippen molar-refractivity contribution in [1.82, 2.24) is 4.90 Å². The van der Waals surface area contributed by atoms with Gasteiger partial charge < -0.3 is 19.9 Å². The number of hydrogen-bond acceptors (Lipinski definition) is 5. The van der Waals surface area contributed by atoms with Crippen molar-refractivity contribution in [2.45, 2.75) is 19.9 Å². The standard InChI is InChI=1S/C16H28N2O3/c1-5-18(9-10-21-6-2)12-15(17)14-11-13(19-3)7-8-16(14)20-4/h7-8,11,15H,5-6,9-10,12,17H2,1-4H3. The van der Waals surface area contributed by atoms with Gasteiger partial charge in [-0.05, 0) is 31.7 Å². The summed E-state index contributed by atoms with van der Waals surface area (Å²) in [6.07, 6.45) is 0. The van der Waals surface area contributed by atoms with Gasteiger partial charge in [-0.25, -0.2) is 0 Å². The van der Waals surface area contributed by atoms with Crippen molar-refractivity contribution in [2.75, 3.05) is 47.1 Å². The molecular weight excluding hydrogens is 268 g/mol. The summed E-state index contributed by atoms with van der Waals surface area (Å²) in [5, 5.41) is 0. The molecule has 0 aliphatic rings. The third-order valence-electron chi connectivity index (χ3n) is 3.49. The van der Waals surface area contributed by atoms with Crippen molar-refractivity contribution >= 4 is 0 Å². The minimum atomic E-state index is -0.128. The molecule has 1 rings (SSSR count). The first-order valence-electron chi connectivity index (χ1n) is 7.43. The van der Waals surface area contributed by atoms with Crippen LogP contribution in [0.2, 0.25) is 0 Å². The summed E-state index contributed by atoms with van der Waals surface area (Å²) in [5.41, 5.74) is 7.32. The van der Waals surface area contributed by atoms with E-state index in [1.54, 1.807) is 14.2 Å². The van der Waals surface area contributed by atoms with Gasteiger partial charge in [-0.15, -0.1) is 0 Å². The minimum absolute atomic E-state index is 0.128. The maximum absolute atomic E-state index is 6.36. The molecule has 21 heavy (non-hydrogen) atoms. The van der Waals surface area contributed by atoms with Crippen LogP contribution in [-0.4, -0.2) is 52.0 Å². The molecule has 0 heterocycles. The van der Waals surface area contributed by atoms with E-state index >= 15 is 0 Å². The van der Waals surface area contributed by atoms with Gasteiger partial charge in [-0.2, -0.15) is 0 Å². The highest BCUT2D eigenvalue weighted by molar-refractivity contribution is 5.42. The number of hydrogen-bond donors (Lipinski definition) is 1.